The van der Waals surface area contributed by atoms with Crippen LogP contribution in [0.2, 0.25) is 0 Å². The molecule has 0 saturated heterocycles. The predicted octanol–water partition coefficient (Wildman–Crippen LogP) is 3.88. The maximum absolute atomic E-state index is 11.9. The summed E-state index contributed by atoms with van der Waals surface area (Å²) in [5.74, 6) is 0.278. The first-order valence-electron chi connectivity index (χ1n) is 7.96. The lowest BCUT2D eigenvalue weighted by Gasteiger charge is -2.34. The number of aliphatic hydroxyl groups is 1. The topological polar surface area (TPSA) is 46.5 Å². The monoisotopic (exact) mass is 294 g/mol. The fourth-order valence-electron chi connectivity index (χ4n) is 3.10. The van der Waals surface area contributed by atoms with Gasteiger partial charge in [0.2, 0.25) is 0 Å². The van der Waals surface area contributed by atoms with Gasteiger partial charge in [-0.1, -0.05) is 47.3 Å². The zero-order chi connectivity index (χ0) is 16.2. The Hall–Kier alpha value is -1.09. The van der Waals surface area contributed by atoms with Crippen molar-refractivity contribution < 1.29 is 14.6 Å². The smallest absolute Gasteiger partial charge is 0.336 e. The fourth-order valence-corrected chi connectivity index (χ4v) is 3.10. The van der Waals surface area contributed by atoms with Crippen molar-refractivity contribution in [3.8, 4) is 0 Å². The lowest BCUT2D eigenvalue weighted by molar-refractivity contribution is -0.140. The first-order valence-corrected chi connectivity index (χ1v) is 7.96. The molecule has 3 nitrogen and oxygen atoms in total. The second-order valence-corrected chi connectivity index (χ2v) is 6.84. The average molecular weight is 294 g/mol. The second-order valence-electron chi connectivity index (χ2n) is 6.84. The van der Waals surface area contributed by atoms with Crippen LogP contribution in [0.25, 0.3) is 0 Å². The molecule has 1 saturated carbocycles. The van der Waals surface area contributed by atoms with E-state index in [1.54, 1.807) is 0 Å². The molecular weight excluding hydrogens is 264 g/mol. The zero-order valence-corrected chi connectivity index (χ0v) is 13.9. The molecule has 0 spiro atoms. The number of esters is 1. The van der Waals surface area contributed by atoms with Crippen molar-refractivity contribution >= 4 is 5.97 Å². The third kappa shape index (κ3) is 3.97. The average Bonchev–Trinajstić information content (AvgIpc) is 2.70. The SMILES string of the molecule is C=C(C(=O)OCCCC)C(O)C(=C)C1CCC(C)C1(C)C. The lowest BCUT2D eigenvalue weighted by Crippen LogP contribution is -2.31. The van der Waals surface area contributed by atoms with Crippen molar-refractivity contribution in [1.29, 1.82) is 0 Å². The summed E-state index contributed by atoms with van der Waals surface area (Å²) in [4.78, 5) is 11.9. The zero-order valence-electron chi connectivity index (χ0n) is 13.9. The number of hydrogen-bond acceptors (Lipinski definition) is 3. The van der Waals surface area contributed by atoms with Gasteiger partial charge in [-0.2, -0.15) is 0 Å². The van der Waals surface area contributed by atoms with Crippen LogP contribution in [0, 0.1) is 17.3 Å². The third-order valence-corrected chi connectivity index (χ3v) is 5.18. The van der Waals surface area contributed by atoms with E-state index in [4.69, 9.17) is 4.74 Å². The quantitative estimate of drug-likeness (QED) is 0.335. The third-order valence-electron chi connectivity index (χ3n) is 5.18. The summed E-state index contributed by atoms with van der Waals surface area (Å²) in [7, 11) is 0. The van der Waals surface area contributed by atoms with Gasteiger partial charge in [-0.05, 0) is 42.1 Å². The summed E-state index contributed by atoms with van der Waals surface area (Å²) in [6, 6.07) is 0. The van der Waals surface area contributed by atoms with Gasteiger partial charge in [-0.25, -0.2) is 4.79 Å². The molecule has 1 N–H and O–H groups in total. The molecule has 0 radical (unpaired) electrons. The summed E-state index contributed by atoms with van der Waals surface area (Å²) >= 11 is 0. The Bertz CT molecular complexity index is 409. The Kier molecular flexibility index (Phi) is 6.21. The molecule has 120 valence electrons. The van der Waals surface area contributed by atoms with Crippen molar-refractivity contribution in [3.05, 3.63) is 24.3 Å². The minimum Gasteiger partial charge on any atom is -0.462 e. The maximum atomic E-state index is 11.9. The maximum Gasteiger partial charge on any atom is 0.336 e. The van der Waals surface area contributed by atoms with Crippen molar-refractivity contribution in [1.82, 2.24) is 0 Å². The van der Waals surface area contributed by atoms with Gasteiger partial charge in [0.15, 0.2) is 0 Å². The molecule has 3 unspecified atom stereocenters. The van der Waals surface area contributed by atoms with Crippen LogP contribution in [0.4, 0.5) is 0 Å². The van der Waals surface area contributed by atoms with Crippen LogP contribution in [-0.2, 0) is 9.53 Å². The summed E-state index contributed by atoms with van der Waals surface area (Å²) in [6.45, 7) is 16.8. The van der Waals surface area contributed by atoms with E-state index >= 15 is 0 Å². The van der Waals surface area contributed by atoms with Crippen LogP contribution in [0.15, 0.2) is 24.3 Å². The van der Waals surface area contributed by atoms with E-state index in [0.717, 1.165) is 25.7 Å². The van der Waals surface area contributed by atoms with Gasteiger partial charge in [0.1, 0.15) is 6.10 Å². The number of carbonyl (C=O) groups excluding carboxylic acids is 1. The van der Waals surface area contributed by atoms with E-state index in [9.17, 15) is 9.90 Å². The Morgan fingerprint density at radius 3 is 2.48 bits per heavy atom. The largest absolute Gasteiger partial charge is 0.462 e. The molecule has 1 aliphatic carbocycles. The molecule has 3 atom stereocenters. The lowest BCUT2D eigenvalue weighted by atomic mass is 9.72. The minimum absolute atomic E-state index is 0.0878. The molecule has 0 aromatic heterocycles. The molecule has 21 heavy (non-hydrogen) atoms. The van der Waals surface area contributed by atoms with E-state index in [1.165, 1.54) is 0 Å². The number of carbonyl (C=O) groups is 1. The van der Waals surface area contributed by atoms with E-state index in [0.29, 0.717) is 18.1 Å². The van der Waals surface area contributed by atoms with Crippen LogP contribution in [0.5, 0.6) is 0 Å². The van der Waals surface area contributed by atoms with Crippen LogP contribution >= 0.6 is 0 Å². The Labute approximate surface area is 129 Å². The molecule has 0 bridgehead atoms. The van der Waals surface area contributed by atoms with Crippen LogP contribution in [-0.4, -0.2) is 23.8 Å². The fraction of sp³-hybridized carbons (Fsp3) is 0.722. The molecule has 1 rings (SSSR count). The molecular formula is C18H30O3. The molecule has 1 fully saturated rings. The van der Waals surface area contributed by atoms with Gasteiger partial charge in [-0.15, -0.1) is 0 Å². The number of ether oxygens (including phenoxy) is 1. The van der Waals surface area contributed by atoms with Crippen molar-refractivity contribution in [2.24, 2.45) is 17.3 Å². The summed E-state index contributed by atoms with van der Waals surface area (Å²) < 4.78 is 5.11. The predicted molar refractivity (Wildman–Crippen MR) is 85.8 cm³/mol. The van der Waals surface area contributed by atoms with Crippen molar-refractivity contribution in [2.45, 2.75) is 59.5 Å². The summed E-state index contributed by atoms with van der Waals surface area (Å²) in [5, 5.41) is 10.4. The van der Waals surface area contributed by atoms with E-state index in [1.807, 2.05) is 6.92 Å². The highest BCUT2D eigenvalue weighted by atomic mass is 16.5. The summed E-state index contributed by atoms with van der Waals surface area (Å²) in [6.07, 6.45) is 2.90. The van der Waals surface area contributed by atoms with Gasteiger partial charge in [0.05, 0.1) is 12.2 Å². The standard InChI is InChI=1S/C18H30O3/c1-7-8-11-21-17(20)14(4)16(19)13(3)15-10-9-12(2)18(15,5)6/h12,15-16,19H,3-4,7-11H2,1-2,5-6H3. The number of unbranched alkanes of at least 4 members (excludes halogenated alkanes) is 1. The number of aliphatic hydroxyl groups excluding tert-OH is 1. The molecule has 0 aromatic rings. The van der Waals surface area contributed by atoms with Gasteiger partial charge in [-0.3, -0.25) is 0 Å². The normalized spacial score (nSPS) is 25.4. The van der Waals surface area contributed by atoms with Crippen molar-refractivity contribution in [3.63, 3.8) is 0 Å². The first-order chi connectivity index (χ1) is 9.73. The highest BCUT2D eigenvalue weighted by Crippen LogP contribution is 2.50. The molecule has 0 aromatic carbocycles. The van der Waals surface area contributed by atoms with Crippen LogP contribution in [0.3, 0.4) is 0 Å². The first kappa shape index (κ1) is 18.0. The highest BCUT2D eigenvalue weighted by Gasteiger charge is 2.43. The van der Waals surface area contributed by atoms with Crippen LogP contribution < -0.4 is 0 Å². The molecule has 0 amide bonds. The van der Waals surface area contributed by atoms with Gasteiger partial charge >= 0.3 is 5.97 Å². The van der Waals surface area contributed by atoms with Gasteiger partial charge in [0.25, 0.3) is 0 Å². The van der Waals surface area contributed by atoms with Gasteiger partial charge < -0.3 is 9.84 Å². The van der Waals surface area contributed by atoms with Crippen LogP contribution in [0.1, 0.15) is 53.4 Å². The molecule has 0 heterocycles. The van der Waals surface area contributed by atoms with Gasteiger partial charge in [0, 0.05) is 0 Å². The molecule has 0 aliphatic heterocycles. The molecule has 3 heteroatoms. The number of hydrogen-bond donors (Lipinski definition) is 1. The number of rotatable bonds is 7. The Balaban J connectivity index is 2.66. The molecule has 1 aliphatic rings. The van der Waals surface area contributed by atoms with E-state index < -0.39 is 12.1 Å². The Morgan fingerprint density at radius 1 is 1.38 bits per heavy atom. The summed E-state index contributed by atoms with van der Waals surface area (Å²) in [5.41, 5.74) is 0.887. The minimum atomic E-state index is -1.01. The van der Waals surface area contributed by atoms with Crippen molar-refractivity contribution in [2.75, 3.05) is 6.61 Å². The Morgan fingerprint density at radius 2 is 2.00 bits per heavy atom. The second kappa shape index (κ2) is 7.26. The highest BCUT2D eigenvalue weighted by molar-refractivity contribution is 5.89. The van der Waals surface area contributed by atoms with E-state index in [-0.39, 0.29) is 16.9 Å². The van der Waals surface area contributed by atoms with E-state index in [2.05, 4.69) is 33.9 Å².